The molecule has 1 aliphatic heterocycles. The van der Waals surface area contributed by atoms with Crippen molar-refractivity contribution in [3.05, 3.63) is 48.6 Å². The van der Waals surface area contributed by atoms with E-state index in [1.807, 2.05) is 13.8 Å². The van der Waals surface area contributed by atoms with Gasteiger partial charge in [0.15, 0.2) is 5.79 Å². The van der Waals surface area contributed by atoms with Crippen LogP contribution in [0.25, 0.3) is 0 Å². The second-order valence-electron chi connectivity index (χ2n) is 25.3. The van der Waals surface area contributed by atoms with Crippen molar-refractivity contribution in [1.82, 2.24) is 26.2 Å². The number of allylic oxidation sites excluding steroid dienone is 8. The Kier molecular flexibility index (Phi) is 46.5. The molecule has 0 aromatic heterocycles. The van der Waals surface area contributed by atoms with Gasteiger partial charge in [0.25, 0.3) is 0 Å². The minimum absolute atomic E-state index is 0.0121. The minimum Gasteiger partial charge on any atom is -0.481 e. The van der Waals surface area contributed by atoms with Crippen molar-refractivity contribution in [1.29, 1.82) is 0 Å². The first-order chi connectivity index (χ1) is 41.2. The Balaban J connectivity index is 2.44. The summed E-state index contributed by atoms with van der Waals surface area (Å²) in [6.45, 7) is 15.2. The van der Waals surface area contributed by atoms with E-state index in [0.717, 1.165) is 77.3 Å². The third-order valence-corrected chi connectivity index (χ3v) is 15.9. The van der Waals surface area contributed by atoms with Gasteiger partial charge in [0.1, 0.15) is 12.1 Å². The fourth-order valence-electron chi connectivity index (χ4n) is 10.3. The highest BCUT2D eigenvalue weighted by molar-refractivity contribution is 5.86. The molecule has 1 heterocycles. The number of carboxylic acid groups (broad SMARTS) is 3. The van der Waals surface area contributed by atoms with E-state index in [0.29, 0.717) is 26.0 Å². The molecule has 0 bridgehead atoms. The molecule has 0 aromatic carbocycles. The Morgan fingerprint density at radius 2 is 1.05 bits per heavy atom. The van der Waals surface area contributed by atoms with Crippen molar-refractivity contribution < 1.29 is 58.3 Å². The zero-order chi connectivity index (χ0) is 63.6. The van der Waals surface area contributed by atoms with Crippen molar-refractivity contribution in [2.75, 3.05) is 46.4 Å². The van der Waals surface area contributed by atoms with Gasteiger partial charge in [-0.1, -0.05) is 146 Å². The normalized spacial score (nSPS) is 15.3. The number of unbranched alkanes of at least 4 members (excludes halogenated alkanes) is 21. The predicted molar refractivity (Wildman–Crippen MR) is 347 cm³/mol. The molecule has 17 heteroatoms. The van der Waals surface area contributed by atoms with Crippen LogP contribution in [-0.2, 0) is 38.2 Å². The maximum atomic E-state index is 13.2. The number of ether oxygens (including phenoxy) is 3. The summed E-state index contributed by atoms with van der Waals surface area (Å²) in [5.41, 5.74) is -1.70. The molecule has 0 aliphatic carbocycles. The molecular weight excluding hydrogens is 1090 g/mol. The van der Waals surface area contributed by atoms with E-state index in [4.69, 9.17) is 19.3 Å². The van der Waals surface area contributed by atoms with E-state index < -0.39 is 59.2 Å². The molecule has 0 saturated carbocycles. The van der Waals surface area contributed by atoms with Crippen LogP contribution in [0.3, 0.4) is 0 Å². The summed E-state index contributed by atoms with van der Waals surface area (Å²) in [6.07, 6.45) is 54.2. The van der Waals surface area contributed by atoms with Crippen LogP contribution in [0, 0.1) is 5.41 Å². The molecule has 1 saturated heterocycles. The van der Waals surface area contributed by atoms with Gasteiger partial charge in [-0.25, -0.2) is 14.4 Å². The van der Waals surface area contributed by atoms with Crippen molar-refractivity contribution in [2.24, 2.45) is 5.41 Å². The summed E-state index contributed by atoms with van der Waals surface area (Å²) in [5, 5.41) is 37.8. The zero-order valence-corrected chi connectivity index (χ0v) is 55.0. The summed E-state index contributed by atoms with van der Waals surface area (Å²) in [4.78, 5) is 74.6. The predicted octanol–water partition coefficient (Wildman–Crippen LogP) is 14.7. The molecular formula is C69H123N5O12. The number of amides is 4. The first kappa shape index (κ1) is 79.4. The average Bonchev–Trinajstić information content (AvgIpc) is 3.50. The summed E-state index contributed by atoms with van der Waals surface area (Å²) in [7, 11) is 2.18. The van der Waals surface area contributed by atoms with Gasteiger partial charge < -0.3 is 55.7 Å². The number of nitrogens with one attached hydrogen (secondary N) is 4. The number of carbonyl (C=O) groups is 6. The lowest BCUT2D eigenvalue weighted by atomic mass is 9.92. The maximum Gasteiger partial charge on any atom is 0.326 e. The number of urea groups is 1. The fourth-order valence-corrected chi connectivity index (χ4v) is 10.3. The number of aliphatic carboxylic acids is 3. The Morgan fingerprint density at radius 1 is 0.581 bits per heavy atom. The van der Waals surface area contributed by atoms with E-state index in [1.165, 1.54) is 128 Å². The van der Waals surface area contributed by atoms with Crippen LogP contribution < -0.4 is 21.3 Å². The number of carboxylic acids is 3. The van der Waals surface area contributed by atoms with Crippen molar-refractivity contribution >= 4 is 35.8 Å². The van der Waals surface area contributed by atoms with Crippen LogP contribution >= 0.6 is 0 Å². The summed E-state index contributed by atoms with van der Waals surface area (Å²) in [6, 6.07) is -3.86. The van der Waals surface area contributed by atoms with Crippen LogP contribution in [0.1, 0.15) is 273 Å². The molecule has 86 heavy (non-hydrogen) atoms. The molecule has 0 radical (unpaired) electrons. The monoisotopic (exact) mass is 1210 g/mol. The Hall–Kier alpha value is -4.58. The van der Waals surface area contributed by atoms with E-state index in [1.54, 1.807) is 13.8 Å². The van der Waals surface area contributed by atoms with E-state index in [-0.39, 0.29) is 50.3 Å². The Labute approximate surface area is 520 Å². The molecule has 0 aromatic rings. The van der Waals surface area contributed by atoms with E-state index >= 15 is 0 Å². The smallest absolute Gasteiger partial charge is 0.326 e. The van der Waals surface area contributed by atoms with Gasteiger partial charge in [-0.15, -0.1) is 0 Å². The van der Waals surface area contributed by atoms with Gasteiger partial charge in [0, 0.05) is 38.9 Å². The third-order valence-electron chi connectivity index (χ3n) is 15.9. The molecule has 4 amide bonds. The lowest BCUT2D eigenvalue weighted by molar-refractivity contribution is -0.180. The highest BCUT2D eigenvalue weighted by Crippen LogP contribution is 2.36. The van der Waals surface area contributed by atoms with Gasteiger partial charge in [-0.2, -0.15) is 0 Å². The second-order valence-corrected chi connectivity index (χ2v) is 25.3. The zero-order valence-electron chi connectivity index (χ0n) is 55.0. The highest BCUT2D eigenvalue weighted by atomic mass is 16.7. The number of carbonyl (C=O) groups excluding carboxylic acids is 3. The fraction of sp³-hybridized carbons (Fsp3) is 0.797. The molecule has 1 rings (SSSR count). The van der Waals surface area contributed by atoms with Crippen molar-refractivity contribution in [3.8, 4) is 0 Å². The molecule has 3 atom stereocenters. The lowest BCUT2D eigenvalue weighted by Crippen LogP contribution is -2.51. The van der Waals surface area contributed by atoms with Crippen LogP contribution in [-0.4, -0.2) is 132 Å². The number of hydrogen-bond donors (Lipinski definition) is 7. The van der Waals surface area contributed by atoms with Gasteiger partial charge in [0.05, 0.1) is 36.8 Å². The number of hydrogen-bond acceptors (Lipinski definition) is 10. The van der Waals surface area contributed by atoms with E-state index in [9.17, 15) is 39.0 Å². The van der Waals surface area contributed by atoms with Crippen LogP contribution in [0.15, 0.2) is 48.6 Å². The number of rotatable bonds is 57. The third kappa shape index (κ3) is 43.9. The number of nitrogens with zero attached hydrogens (tertiary/aromatic N) is 1. The lowest BCUT2D eigenvalue weighted by Gasteiger charge is -2.31. The van der Waals surface area contributed by atoms with Crippen molar-refractivity contribution in [2.45, 2.75) is 302 Å². The summed E-state index contributed by atoms with van der Waals surface area (Å²) in [5.74, 6) is -4.84. The second kappa shape index (κ2) is 50.3. The molecule has 496 valence electrons. The maximum absolute atomic E-state index is 13.2. The Morgan fingerprint density at radius 3 is 1.56 bits per heavy atom. The first-order valence-electron chi connectivity index (χ1n) is 33.8. The molecule has 0 spiro atoms. The molecule has 1 fully saturated rings. The SMILES string of the molecule is CCCCC/C=C\C/C=C\CCCCCCCCC1(CCCCCCCC/C=C\C/C=C\CCCCC)OCC(CCN(C)CCCCCNC(=O)C(C)(C)COC(C)(C)CC(=O)NCCCC[C@@H](NC(=O)N[C@H](CCC(=O)O)C(=O)O)C(=O)O)O1. The Bertz CT molecular complexity index is 1890. The molecule has 7 N–H and O–H groups in total. The standard InChI is InChI=1S/C69H123N5O12/c1-8-10-12-14-16-18-20-22-24-26-28-30-32-34-36-40-49-69(50-41-37-35-33-31-29-27-25-23-21-19-17-15-13-11-9-2)84-56-58(86-69)48-54-74(7)53-44-38-42-52-71-65(82)67(3,4)57-85-68(5,6)55-61(75)70-51-43-39-45-59(63(78)79)72-66(83)73-60(64(80)81)46-47-62(76)77/h16-19,22-25,58-60H,8-15,20-21,26-57H2,1-7H3,(H,70,75)(H,71,82)(H,76,77)(H,78,79)(H,80,81)(H2,72,73,83)/b18-16-,19-17-,24-22-,25-23-/t58?,59-,60-/m1/s1. The van der Waals surface area contributed by atoms with Gasteiger partial charge in [-0.05, 0) is 163 Å². The quantitative estimate of drug-likeness (QED) is 0.0222. The molecule has 1 unspecified atom stereocenters. The highest BCUT2D eigenvalue weighted by Gasteiger charge is 2.40. The summed E-state index contributed by atoms with van der Waals surface area (Å²) >= 11 is 0. The van der Waals surface area contributed by atoms with E-state index in [2.05, 4.69) is 95.7 Å². The van der Waals surface area contributed by atoms with Crippen LogP contribution in [0.5, 0.6) is 0 Å². The van der Waals surface area contributed by atoms with Gasteiger partial charge in [0.2, 0.25) is 11.8 Å². The molecule has 1 aliphatic rings. The molecule has 17 nitrogen and oxygen atoms in total. The topological polar surface area (TPSA) is 242 Å². The van der Waals surface area contributed by atoms with Crippen molar-refractivity contribution in [3.63, 3.8) is 0 Å². The first-order valence-corrected chi connectivity index (χ1v) is 33.8. The minimum atomic E-state index is -1.50. The van der Waals surface area contributed by atoms with Crippen LogP contribution in [0.4, 0.5) is 4.79 Å². The largest absolute Gasteiger partial charge is 0.481 e. The van der Waals surface area contributed by atoms with Gasteiger partial charge >= 0.3 is 23.9 Å². The van der Waals surface area contributed by atoms with Gasteiger partial charge in [-0.3, -0.25) is 14.4 Å². The average molecular weight is 1210 g/mol. The van der Waals surface area contributed by atoms with Crippen LogP contribution in [0.2, 0.25) is 0 Å². The summed E-state index contributed by atoms with van der Waals surface area (Å²) < 4.78 is 19.6.